The van der Waals surface area contributed by atoms with Crippen LogP contribution >= 0.6 is 0 Å². The first kappa shape index (κ1) is 17.0. The fourth-order valence-electron chi connectivity index (χ4n) is 3.77. The summed E-state index contributed by atoms with van der Waals surface area (Å²) < 4.78 is 12.1. The zero-order valence-corrected chi connectivity index (χ0v) is 15.4. The maximum absolute atomic E-state index is 12.2. The fraction of sp³-hybridized carbons (Fsp3) is 0.944. The first-order chi connectivity index (χ1) is 10.6. The van der Waals surface area contributed by atoms with Crippen molar-refractivity contribution in [3.63, 3.8) is 0 Å². The summed E-state index contributed by atoms with van der Waals surface area (Å²) in [4.78, 5) is 16.7. The minimum atomic E-state index is -0.430. The lowest BCUT2D eigenvalue weighted by molar-refractivity contribution is -0.191. The number of hydrogen-bond donors (Lipinski definition) is 0. The highest BCUT2D eigenvalue weighted by atomic mass is 16.6. The average Bonchev–Trinajstić information content (AvgIpc) is 3.15. The van der Waals surface area contributed by atoms with E-state index in [1.807, 2.05) is 25.7 Å². The second kappa shape index (κ2) is 5.62. The molecule has 1 aliphatic carbocycles. The standard InChI is InChI=1S/C18H32N2O3/c1-14(2)20-12-17(6-7-17)23-18(13-20)8-10-19(11-9-18)15(21)22-16(3,4)5/h14H,6-13H2,1-5H3. The van der Waals surface area contributed by atoms with Crippen LogP contribution in [0.3, 0.4) is 0 Å². The Kier molecular flexibility index (Phi) is 4.16. The van der Waals surface area contributed by atoms with Crippen LogP contribution in [0.15, 0.2) is 0 Å². The number of piperidine rings is 1. The van der Waals surface area contributed by atoms with E-state index in [2.05, 4.69) is 18.7 Å². The Hall–Kier alpha value is -0.810. The minimum absolute atomic E-state index is 0.0719. The van der Waals surface area contributed by atoms with Crippen LogP contribution in [0.2, 0.25) is 0 Å². The van der Waals surface area contributed by atoms with Crippen molar-refractivity contribution in [2.45, 2.75) is 83.1 Å². The highest BCUT2D eigenvalue weighted by Gasteiger charge is 2.56. The van der Waals surface area contributed by atoms with Crippen LogP contribution in [0.25, 0.3) is 0 Å². The molecule has 1 amide bonds. The van der Waals surface area contributed by atoms with E-state index in [1.54, 1.807) is 0 Å². The monoisotopic (exact) mass is 324 g/mol. The molecule has 0 aromatic heterocycles. The molecule has 132 valence electrons. The van der Waals surface area contributed by atoms with Crippen LogP contribution in [0.5, 0.6) is 0 Å². The van der Waals surface area contributed by atoms with E-state index in [9.17, 15) is 4.79 Å². The quantitative estimate of drug-likeness (QED) is 0.743. The Labute approximate surface area is 140 Å². The number of carbonyl (C=O) groups is 1. The predicted octanol–water partition coefficient (Wildman–Crippen LogP) is 3.03. The van der Waals surface area contributed by atoms with Gasteiger partial charge >= 0.3 is 6.09 Å². The molecule has 2 saturated heterocycles. The molecule has 2 heterocycles. The highest BCUT2D eigenvalue weighted by Crippen LogP contribution is 2.49. The number of hydrogen-bond acceptors (Lipinski definition) is 4. The summed E-state index contributed by atoms with van der Waals surface area (Å²) in [5, 5.41) is 0. The zero-order valence-electron chi connectivity index (χ0n) is 15.4. The lowest BCUT2D eigenvalue weighted by Gasteiger charge is -2.51. The van der Waals surface area contributed by atoms with E-state index in [-0.39, 0.29) is 17.3 Å². The van der Waals surface area contributed by atoms with Gasteiger partial charge in [0, 0.05) is 32.2 Å². The maximum atomic E-state index is 12.2. The van der Waals surface area contributed by atoms with Gasteiger partial charge in [0.2, 0.25) is 0 Å². The number of nitrogens with zero attached hydrogens (tertiary/aromatic N) is 2. The van der Waals surface area contributed by atoms with E-state index in [1.165, 1.54) is 12.8 Å². The van der Waals surface area contributed by atoms with Crippen molar-refractivity contribution in [2.75, 3.05) is 26.2 Å². The molecule has 0 bridgehead atoms. The number of carbonyl (C=O) groups excluding carboxylic acids is 1. The molecule has 0 aromatic rings. The molecule has 3 rings (SSSR count). The summed E-state index contributed by atoms with van der Waals surface area (Å²) in [6.07, 6.45) is 4.01. The number of morpholine rings is 1. The molecule has 23 heavy (non-hydrogen) atoms. The molecule has 0 unspecified atom stereocenters. The second-order valence-corrected chi connectivity index (χ2v) is 8.93. The summed E-state index contributed by atoms with van der Waals surface area (Å²) in [5.41, 5.74) is -0.395. The third-order valence-electron chi connectivity index (χ3n) is 5.28. The van der Waals surface area contributed by atoms with E-state index in [4.69, 9.17) is 9.47 Å². The van der Waals surface area contributed by atoms with Gasteiger partial charge in [-0.2, -0.15) is 0 Å². The van der Waals surface area contributed by atoms with Gasteiger partial charge in [0.15, 0.2) is 0 Å². The van der Waals surface area contributed by atoms with Crippen molar-refractivity contribution in [1.82, 2.24) is 9.80 Å². The normalized spacial score (nSPS) is 26.8. The molecule has 0 aromatic carbocycles. The molecule has 2 aliphatic heterocycles. The van der Waals surface area contributed by atoms with Crippen molar-refractivity contribution in [1.29, 1.82) is 0 Å². The topological polar surface area (TPSA) is 42.0 Å². The lowest BCUT2D eigenvalue weighted by atomic mass is 9.88. The van der Waals surface area contributed by atoms with E-state index < -0.39 is 5.60 Å². The van der Waals surface area contributed by atoms with Crippen molar-refractivity contribution in [3.05, 3.63) is 0 Å². The van der Waals surface area contributed by atoms with Crippen molar-refractivity contribution in [2.24, 2.45) is 0 Å². The van der Waals surface area contributed by atoms with Gasteiger partial charge in [-0.25, -0.2) is 4.79 Å². The van der Waals surface area contributed by atoms with E-state index >= 15 is 0 Å². The summed E-state index contributed by atoms with van der Waals surface area (Å²) in [5.74, 6) is 0. The molecule has 2 spiro atoms. The van der Waals surface area contributed by atoms with Crippen LogP contribution in [-0.2, 0) is 9.47 Å². The van der Waals surface area contributed by atoms with Crippen LogP contribution in [-0.4, -0.2) is 64.9 Å². The van der Waals surface area contributed by atoms with Gasteiger partial charge < -0.3 is 14.4 Å². The summed E-state index contributed by atoms with van der Waals surface area (Å²) in [6, 6.07) is 0.553. The zero-order chi connectivity index (χ0) is 16.9. The molecule has 0 radical (unpaired) electrons. The summed E-state index contributed by atoms with van der Waals surface area (Å²) >= 11 is 0. The van der Waals surface area contributed by atoms with Crippen LogP contribution in [0, 0.1) is 0 Å². The van der Waals surface area contributed by atoms with Crippen LogP contribution in [0.1, 0.15) is 60.3 Å². The van der Waals surface area contributed by atoms with Crippen LogP contribution in [0.4, 0.5) is 4.79 Å². The molecule has 0 atom stereocenters. The Balaban J connectivity index is 1.62. The molecular formula is C18H32N2O3. The smallest absolute Gasteiger partial charge is 0.410 e. The highest BCUT2D eigenvalue weighted by molar-refractivity contribution is 5.68. The number of rotatable bonds is 1. The molecule has 0 N–H and O–H groups in total. The first-order valence-corrected chi connectivity index (χ1v) is 9.04. The largest absolute Gasteiger partial charge is 0.444 e. The molecule has 5 nitrogen and oxygen atoms in total. The minimum Gasteiger partial charge on any atom is -0.444 e. The predicted molar refractivity (Wildman–Crippen MR) is 89.5 cm³/mol. The first-order valence-electron chi connectivity index (χ1n) is 9.04. The third-order valence-corrected chi connectivity index (χ3v) is 5.28. The van der Waals surface area contributed by atoms with Gasteiger partial charge in [-0.1, -0.05) is 0 Å². The van der Waals surface area contributed by atoms with Crippen molar-refractivity contribution < 1.29 is 14.3 Å². The molecule has 3 aliphatic rings. The number of likely N-dealkylation sites (tertiary alicyclic amines) is 1. The summed E-state index contributed by atoms with van der Waals surface area (Å²) in [6.45, 7) is 13.8. The average molecular weight is 324 g/mol. The van der Waals surface area contributed by atoms with E-state index in [0.29, 0.717) is 6.04 Å². The van der Waals surface area contributed by atoms with Gasteiger partial charge in [-0.15, -0.1) is 0 Å². The van der Waals surface area contributed by atoms with Gasteiger partial charge in [0.25, 0.3) is 0 Å². The Morgan fingerprint density at radius 3 is 2.00 bits per heavy atom. The maximum Gasteiger partial charge on any atom is 0.410 e. The Morgan fingerprint density at radius 1 is 1.04 bits per heavy atom. The van der Waals surface area contributed by atoms with E-state index in [0.717, 1.165) is 39.0 Å². The second-order valence-electron chi connectivity index (χ2n) is 8.93. The Morgan fingerprint density at radius 2 is 1.57 bits per heavy atom. The fourth-order valence-corrected chi connectivity index (χ4v) is 3.77. The molecule has 5 heteroatoms. The van der Waals surface area contributed by atoms with Gasteiger partial charge in [-0.3, -0.25) is 4.90 Å². The van der Waals surface area contributed by atoms with Crippen molar-refractivity contribution in [3.8, 4) is 0 Å². The Bertz CT molecular complexity index is 457. The SMILES string of the molecule is CC(C)N1CC2(CCN(C(=O)OC(C)(C)C)CC2)OC2(CC2)C1. The third kappa shape index (κ3) is 3.82. The lowest BCUT2D eigenvalue weighted by Crippen LogP contribution is -2.62. The molecule has 3 fully saturated rings. The molecular weight excluding hydrogens is 292 g/mol. The summed E-state index contributed by atoms with van der Waals surface area (Å²) in [7, 11) is 0. The number of amides is 1. The number of ether oxygens (including phenoxy) is 2. The molecule has 1 saturated carbocycles. The van der Waals surface area contributed by atoms with Crippen molar-refractivity contribution >= 4 is 6.09 Å². The van der Waals surface area contributed by atoms with Gasteiger partial charge in [0.1, 0.15) is 5.60 Å². The van der Waals surface area contributed by atoms with Gasteiger partial charge in [0.05, 0.1) is 11.2 Å². The van der Waals surface area contributed by atoms with Crippen LogP contribution < -0.4 is 0 Å². The van der Waals surface area contributed by atoms with Gasteiger partial charge in [-0.05, 0) is 60.3 Å².